The van der Waals surface area contributed by atoms with Crippen molar-refractivity contribution >= 4 is 28.7 Å². The molecule has 150 valence electrons. The lowest BCUT2D eigenvalue weighted by Gasteiger charge is -2.33. The molecule has 1 aromatic heterocycles. The van der Waals surface area contributed by atoms with Crippen molar-refractivity contribution in [2.75, 3.05) is 13.1 Å². The SMILES string of the molecule is CC(C)C(=O)NC(Cc1c[nH]c2ccccc12)C(=O)N1CCC[C@H](C(=O)O)C1. The van der Waals surface area contributed by atoms with Gasteiger partial charge >= 0.3 is 5.97 Å². The second-order valence-corrected chi connectivity index (χ2v) is 7.74. The molecule has 1 fully saturated rings. The summed E-state index contributed by atoms with van der Waals surface area (Å²) in [5.74, 6) is -2.08. The number of likely N-dealkylation sites (tertiary alicyclic amines) is 1. The van der Waals surface area contributed by atoms with Gasteiger partial charge in [0, 0.05) is 42.5 Å². The van der Waals surface area contributed by atoms with E-state index in [9.17, 15) is 19.5 Å². The maximum absolute atomic E-state index is 13.2. The summed E-state index contributed by atoms with van der Waals surface area (Å²) in [4.78, 5) is 41.6. The Morgan fingerprint density at radius 1 is 1.29 bits per heavy atom. The molecule has 2 atom stereocenters. The van der Waals surface area contributed by atoms with E-state index in [2.05, 4.69) is 10.3 Å². The predicted octanol–water partition coefficient (Wildman–Crippen LogP) is 2.17. The molecule has 1 aliphatic rings. The summed E-state index contributed by atoms with van der Waals surface area (Å²) in [7, 11) is 0. The average molecular weight is 385 g/mol. The van der Waals surface area contributed by atoms with Crippen molar-refractivity contribution in [2.24, 2.45) is 11.8 Å². The number of nitrogens with one attached hydrogen (secondary N) is 2. The second-order valence-electron chi connectivity index (χ2n) is 7.74. The van der Waals surface area contributed by atoms with Crippen LogP contribution < -0.4 is 5.32 Å². The molecular formula is C21H27N3O4. The Balaban J connectivity index is 1.82. The van der Waals surface area contributed by atoms with Crippen LogP contribution in [0.1, 0.15) is 32.3 Å². The number of nitrogens with zero attached hydrogens (tertiary/aromatic N) is 1. The van der Waals surface area contributed by atoms with Crippen molar-refractivity contribution in [3.05, 3.63) is 36.0 Å². The Bertz CT molecular complexity index is 873. The third kappa shape index (κ3) is 4.35. The molecular weight excluding hydrogens is 358 g/mol. The fraction of sp³-hybridized carbons (Fsp3) is 0.476. The fourth-order valence-corrected chi connectivity index (χ4v) is 3.66. The van der Waals surface area contributed by atoms with Gasteiger partial charge in [0.05, 0.1) is 5.92 Å². The second kappa shape index (κ2) is 8.46. The van der Waals surface area contributed by atoms with E-state index < -0.39 is 17.9 Å². The lowest BCUT2D eigenvalue weighted by atomic mass is 9.96. The number of hydrogen-bond donors (Lipinski definition) is 3. The number of para-hydroxylation sites is 1. The first-order valence-corrected chi connectivity index (χ1v) is 9.73. The minimum absolute atomic E-state index is 0.190. The van der Waals surface area contributed by atoms with E-state index >= 15 is 0 Å². The normalized spacial score (nSPS) is 18.2. The number of hydrogen-bond acceptors (Lipinski definition) is 3. The number of benzene rings is 1. The van der Waals surface area contributed by atoms with Crippen LogP contribution in [0.2, 0.25) is 0 Å². The summed E-state index contributed by atoms with van der Waals surface area (Å²) in [6.45, 7) is 4.27. The van der Waals surface area contributed by atoms with E-state index in [0.717, 1.165) is 16.5 Å². The monoisotopic (exact) mass is 385 g/mol. The van der Waals surface area contributed by atoms with Crippen LogP contribution in [0.25, 0.3) is 10.9 Å². The van der Waals surface area contributed by atoms with E-state index in [4.69, 9.17) is 0 Å². The number of amides is 2. The van der Waals surface area contributed by atoms with Crippen LogP contribution in [0.15, 0.2) is 30.5 Å². The molecule has 2 amide bonds. The van der Waals surface area contributed by atoms with E-state index in [0.29, 0.717) is 25.8 Å². The van der Waals surface area contributed by atoms with Gasteiger partial charge in [0.2, 0.25) is 11.8 Å². The highest BCUT2D eigenvalue weighted by atomic mass is 16.4. The number of aromatic nitrogens is 1. The minimum atomic E-state index is -0.878. The van der Waals surface area contributed by atoms with E-state index in [1.165, 1.54) is 0 Å². The van der Waals surface area contributed by atoms with Crippen molar-refractivity contribution in [3.8, 4) is 0 Å². The first kappa shape index (κ1) is 19.9. The van der Waals surface area contributed by atoms with Gasteiger partial charge < -0.3 is 20.3 Å². The van der Waals surface area contributed by atoms with E-state index in [-0.39, 0.29) is 24.3 Å². The third-order valence-corrected chi connectivity index (χ3v) is 5.32. The minimum Gasteiger partial charge on any atom is -0.481 e. The number of carbonyl (C=O) groups is 3. The Hall–Kier alpha value is -2.83. The number of fused-ring (bicyclic) bond motifs is 1. The highest BCUT2D eigenvalue weighted by Crippen LogP contribution is 2.22. The summed E-state index contributed by atoms with van der Waals surface area (Å²) in [6.07, 6.45) is 3.45. The molecule has 3 N–H and O–H groups in total. The van der Waals surface area contributed by atoms with Gasteiger partial charge in [0.15, 0.2) is 0 Å². The quantitative estimate of drug-likeness (QED) is 0.709. The molecule has 1 unspecified atom stereocenters. The van der Waals surface area contributed by atoms with Crippen LogP contribution in [-0.2, 0) is 20.8 Å². The number of aliphatic carboxylic acids is 1. The number of carboxylic acid groups (broad SMARTS) is 1. The summed E-state index contributed by atoms with van der Waals surface area (Å²) < 4.78 is 0. The molecule has 0 saturated carbocycles. The van der Waals surface area contributed by atoms with Gasteiger partial charge in [-0.05, 0) is 24.5 Å². The van der Waals surface area contributed by atoms with Crippen molar-refractivity contribution in [3.63, 3.8) is 0 Å². The van der Waals surface area contributed by atoms with Crippen LogP contribution in [0, 0.1) is 11.8 Å². The smallest absolute Gasteiger partial charge is 0.308 e. The van der Waals surface area contributed by atoms with E-state index in [1.54, 1.807) is 18.7 Å². The Morgan fingerprint density at radius 2 is 2.04 bits per heavy atom. The maximum Gasteiger partial charge on any atom is 0.308 e. The summed E-state index contributed by atoms with van der Waals surface area (Å²) in [6, 6.07) is 7.09. The number of H-pyrrole nitrogens is 1. The Morgan fingerprint density at radius 3 is 2.75 bits per heavy atom. The highest BCUT2D eigenvalue weighted by Gasteiger charge is 2.33. The molecule has 0 spiro atoms. The van der Waals surface area contributed by atoms with Crippen LogP contribution in [0.3, 0.4) is 0 Å². The zero-order valence-electron chi connectivity index (χ0n) is 16.3. The number of carboxylic acids is 1. The molecule has 7 nitrogen and oxygen atoms in total. The molecule has 1 saturated heterocycles. The number of carbonyl (C=O) groups excluding carboxylic acids is 2. The summed E-state index contributed by atoms with van der Waals surface area (Å²) in [5, 5.41) is 13.2. The molecule has 1 aromatic carbocycles. The molecule has 1 aliphatic heterocycles. The van der Waals surface area contributed by atoms with Gasteiger partial charge in [0.25, 0.3) is 0 Å². The molecule has 0 bridgehead atoms. The summed E-state index contributed by atoms with van der Waals surface area (Å²) in [5.41, 5.74) is 1.92. The van der Waals surface area contributed by atoms with Gasteiger partial charge in [-0.2, -0.15) is 0 Å². The van der Waals surface area contributed by atoms with Gasteiger partial charge in [0.1, 0.15) is 6.04 Å². The number of rotatable bonds is 6. The molecule has 0 radical (unpaired) electrons. The van der Waals surface area contributed by atoms with Gasteiger partial charge in [-0.3, -0.25) is 14.4 Å². The van der Waals surface area contributed by atoms with Crippen molar-refractivity contribution in [2.45, 2.75) is 39.2 Å². The number of aromatic amines is 1. The van der Waals surface area contributed by atoms with Crippen LogP contribution in [-0.4, -0.2) is 51.9 Å². The first-order valence-electron chi connectivity index (χ1n) is 9.73. The van der Waals surface area contributed by atoms with Gasteiger partial charge in [-0.15, -0.1) is 0 Å². The van der Waals surface area contributed by atoms with Crippen LogP contribution >= 0.6 is 0 Å². The van der Waals surface area contributed by atoms with Crippen LogP contribution in [0.4, 0.5) is 0 Å². The third-order valence-electron chi connectivity index (χ3n) is 5.32. The van der Waals surface area contributed by atoms with Gasteiger partial charge in [-0.1, -0.05) is 32.0 Å². The number of piperidine rings is 1. The van der Waals surface area contributed by atoms with E-state index in [1.807, 2.05) is 30.5 Å². The lowest BCUT2D eigenvalue weighted by Crippen LogP contribution is -2.53. The first-order chi connectivity index (χ1) is 13.4. The molecule has 7 heteroatoms. The maximum atomic E-state index is 13.2. The fourth-order valence-electron chi connectivity index (χ4n) is 3.66. The zero-order chi connectivity index (χ0) is 20.3. The molecule has 28 heavy (non-hydrogen) atoms. The van der Waals surface area contributed by atoms with Gasteiger partial charge in [-0.25, -0.2) is 0 Å². The molecule has 3 rings (SSSR count). The molecule has 2 aromatic rings. The Kier molecular flexibility index (Phi) is 6.02. The van der Waals surface area contributed by atoms with Crippen molar-refractivity contribution in [1.29, 1.82) is 0 Å². The predicted molar refractivity (Wildman–Crippen MR) is 106 cm³/mol. The average Bonchev–Trinajstić information content (AvgIpc) is 3.09. The standard InChI is InChI=1S/C21H27N3O4/c1-13(2)19(25)23-18(10-15-11-22-17-8-4-3-7-16(15)17)20(26)24-9-5-6-14(12-24)21(27)28/h3-4,7-8,11,13-14,18,22H,5-6,9-10,12H2,1-2H3,(H,23,25)(H,27,28)/t14-,18?/m0/s1. The zero-order valence-corrected chi connectivity index (χ0v) is 16.3. The lowest BCUT2D eigenvalue weighted by molar-refractivity contribution is -0.147. The topological polar surface area (TPSA) is 103 Å². The summed E-state index contributed by atoms with van der Waals surface area (Å²) >= 11 is 0. The molecule has 2 heterocycles. The van der Waals surface area contributed by atoms with Crippen molar-refractivity contribution < 1.29 is 19.5 Å². The van der Waals surface area contributed by atoms with Crippen molar-refractivity contribution in [1.82, 2.24) is 15.2 Å². The Labute approximate surface area is 164 Å². The highest BCUT2D eigenvalue weighted by molar-refractivity contribution is 5.90. The van der Waals surface area contributed by atoms with Crippen LogP contribution in [0.5, 0.6) is 0 Å². The largest absolute Gasteiger partial charge is 0.481 e. The molecule has 0 aliphatic carbocycles.